The molecule has 2 bridgehead atoms. The summed E-state index contributed by atoms with van der Waals surface area (Å²) in [6.45, 7) is 5.28. The van der Waals surface area contributed by atoms with Crippen LogP contribution in [0.1, 0.15) is 37.7 Å². The molecule has 0 radical (unpaired) electrons. The molecule has 9 rings (SSSR count). The minimum Gasteiger partial charge on any atom is -0.508 e. The van der Waals surface area contributed by atoms with Gasteiger partial charge < -0.3 is 29.9 Å². The van der Waals surface area contributed by atoms with E-state index in [0.29, 0.717) is 46.5 Å². The van der Waals surface area contributed by atoms with Crippen LogP contribution in [0.4, 0.5) is 20.4 Å². The molecule has 0 spiro atoms. The lowest BCUT2D eigenvalue weighted by atomic mass is 9.95. The smallest absolute Gasteiger partial charge is 0.319 e. The van der Waals surface area contributed by atoms with Gasteiger partial charge in [0, 0.05) is 75.3 Å². The van der Waals surface area contributed by atoms with Gasteiger partial charge in [0.05, 0.1) is 17.6 Å². The van der Waals surface area contributed by atoms with Crippen molar-refractivity contribution in [2.24, 2.45) is 17.3 Å². The standard InChI is InChI=1S/C37H39F2N7O2/c1-4-26-28(38)8-5-20-12-25(47)13-27(29(20)26)32-31(39)33-30(34(41-32)44(2)3)35(46-16-23-6-7-24(17-46)40-23)43-36(42-33)48-19-37(9-10-37)18-45-14-21-11-22(21)15-45/h1,5,8,12-13,21-24,40,47H,6-7,9-11,14-19H2,2-3H3. The zero-order valence-corrected chi connectivity index (χ0v) is 27.3. The number of fused-ring (bicyclic) bond motifs is 5. The van der Waals surface area contributed by atoms with Crippen LogP contribution in [0.15, 0.2) is 24.3 Å². The molecule has 4 aromatic rings. The van der Waals surface area contributed by atoms with Gasteiger partial charge in [-0.3, -0.25) is 0 Å². The molecule has 9 nitrogen and oxygen atoms in total. The van der Waals surface area contributed by atoms with Crippen LogP contribution >= 0.6 is 0 Å². The number of likely N-dealkylation sites (tertiary alicyclic amines) is 1. The van der Waals surface area contributed by atoms with Crippen LogP contribution < -0.4 is 19.9 Å². The zero-order valence-electron chi connectivity index (χ0n) is 27.3. The summed E-state index contributed by atoms with van der Waals surface area (Å²) in [7, 11) is 3.68. The topological polar surface area (TPSA) is 89.9 Å². The summed E-state index contributed by atoms with van der Waals surface area (Å²) in [6, 6.07) is 6.39. The molecule has 248 valence electrons. The van der Waals surface area contributed by atoms with E-state index in [1.165, 1.54) is 43.8 Å². The molecule has 5 fully saturated rings. The maximum absolute atomic E-state index is 17.2. The van der Waals surface area contributed by atoms with Crippen LogP contribution in [0.25, 0.3) is 32.9 Å². The van der Waals surface area contributed by atoms with Crippen molar-refractivity contribution in [2.75, 3.05) is 63.2 Å². The molecule has 2 aromatic carbocycles. The van der Waals surface area contributed by atoms with Gasteiger partial charge in [-0.2, -0.15) is 9.97 Å². The molecule has 3 aliphatic heterocycles. The van der Waals surface area contributed by atoms with Crippen LogP contribution in [0.3, 0.4) is 0 Å². The fourth-order valence-corrected chi connectivity index (χ4v) is 8.48. The number of piperidine rings is 1. The first kappa shape index (κ1) is 29.8. The summed E-state index contributed by atoms with van der Waals surface area (Å²) in [5.74, 6) is 3.78. The van der Waals surface area contributed by atoms with E-state index in [2.05, 4.69) is 21.0 Å². The highest BCUT2D eigenvalue weighted by atomic mass is 19.1. The van der Waals surface area contributed by atoms with E-state index in [9.17, 15) is 5.11 Å². The number of nitrogens with zero attached hydrogens (tertiary/aromatic N) is 6. The molecular weight excluding hydrogens is 612 g/mol. The van der Waals surface area contributed by atoms with E-state index in [0.717, 1.165) is 57.2 Å². The summed E-state index contributed by atoms with van der Waals surface area (Å²) in [6.07, 6.45) is 11.5. The lowest BCUT2D eigenvalue weighted by Gasteiger charge is -2.35. The van der Waals surface area contributed by atoms with Crippen molar-refractivity contribution in [3.05, 3.63) is 41.5 Å². The van der Waals surface area contributed by atoms with E-state index >= 15 is 8.78 Å². The third-order valence-electron chi connectivity index (χ3n) is 11.2. The Morgan fingerprint density at radius 3 is 2.48 bits per heavy atom. The number of halogens is 2. The second-order valence-corrected chi connectivity index (χ2v) is 15.0. The second-order valence-electron chi connectivity index (χ2n) is 15.0. The number of hydrogen-bond donors (Lipinski definition) is 2. The molecule has 4 atom stereocenters. The highest BCUT2D eigenvalue weighted by molar-refractivity contribution is 6.05. The number of terminal acetylenes is 1. The van der Waals surface area contributed by atoms with Gasteiger partial charge >= 0.3 is 6.01 Å². The molecule has 11 heteroatoms. The lowest BCUT2D eigenvalue weighted by molar-refractivity contribution is 0.163. The van der Waals surface area contributed by atoms with Crippen LogP contribution in [0, 0.1) is 41.2 Å². The molecule has 4 unspecified atom stereocenters. The summed E-state index contributed by atoms with van der Waals surface area (Å²) >= 11 is 0. The van der Waals surface area contributed by atoms with Crippen molar-refractivity contribution in [2.45, 2.75) is 44.2 Å². The Morgan fingerprint density at radius 2 is 1.79 bits per heavy atom. The third-order valence-corrected chi connectivity index (χ3v) is 11.2. The summed E-state index contributed by atoms with van der Waals surface area (Å²) in [4.78, 5) is 21.2. The third kappa shape index (κ3) is 4.99. The average molecular weight is 652 g/mol. The number of aromatic hydroxyl groups is 1. The molecule has 48 heavy (non-hydrogen) atoms. The molecule has 5 aliphatic rings. The SMILES string of the molecule is C#Cc1c(F)ccc2cc(O)cc(-c3nc(N(C)C)c4c(N5CC6CCC(C5)N6)nc(OCC5(CN6CC7CC7C6)CC5)nc4c3F)c12. The molecule has 2 N–H and O–H groups in total. The predicted molar refractivity (Wildman–Crippen MR) is 181 cm³/mol. The Hall–Kier alpha value is -4.27. The first-order valence-corrected chi connectivity index (χ1v) is 17.1. The van der Waals surface area contributed by atoms with Crippen molar-refractivity contribution in [1.29, 1.82) is 0 Å². The highest BCUT2D eigenvalue weighted by Crippen LogP contribution is 2.51. The molecular formula is C37H39F2N7O2. The number of piperazine rings is 1. The van der Waals surface area contributed by atoms with Gasteiger partial charge in [0.1, 0.15) is 34.4 Å². The van der Waals surface area contributed by atoms with Gasteiger partial charge in [-0.15, -0.1) is 6.42 Å². The van der Waals surface area contributed by atoms with Gasteiger partial charge in [-0.1, -0.05) is 12.0 Å². The van der Waals surface area contributed by atoms with E-state index in [1.54, 1.807) is 0 Å². The van der Waals surface area contributed by atoms with Gasteiger partial charge in [-0.25, -0.2) is 13.8 Å². The van der Waals surface area contributed by atoms with Crippen molar-refractivity contribution in [1.82, 2.24) is 25.2 Å². The van der Waals surface area contributed by atoms with E-state index in [4.69, 9.17) is 26.1 Å². The van der Waals surface area contributed by atoms with Crippen molar-refractivity contribution in [3.63, 3.8) is 0 Å². The maximum atomic E-state index is 17.2. The minimum absolute atomic E-state index is 0.0241. The number of benzene rings is 2. The van der Waals surface area contributed by atoms with E-state index in [1.807, 2.05) is 19.0 Å². The first-order chi connectivity index (χ1) is 23.2. The van der Waals surface area contributed by atoms with Crippen molar-refractivity contribution >= 4 is 33.3 Å². The Morgan fingerprint density at radius 1 is 1.04 bits per heavy atom. The summed E-state index contributed by atoms with van der Waals surface area (Å²) < 4.78 is 38.6. The molecule has 2 aliphatic carbocycles. The number of phenols is 1. The largest absolute Gasteiger partial charge is 0.508 e. The average Bonchev–Trinajstić information content (AvgIpc) is 3.94. The number of nitrogens with one attached hydrogen (secondary N) is 1. The van der Waals surface area contributed by atoms with Gasteiger partial charge in [0.15, 0.2) is 5.82 Å². The summed E-state index contributed by atoms with van der Waals surface area (Å²) in [5.41, 5.74) is 0.203. The van der Waals surface area contributed by atoms with Gasteiger partial charge in [0.2, 0.25) is 0 Å². The Balaban J connectivity index is 1.19. The van der Waals surface area contributed by atoms with Gasteiger partial charge in [0.25, 0.3) is 0 Å². The number of hydrogen-bond acceptors (Lipinski definition) is 9. The van der Waals surface area contributed by atoms with Crippen LogP contribution in [-0.2, 0) is 0 Å². The van der Waals surface area contributed by atoms with Crippen molar-refractivity contribution < 1.29 is 18.6 Å². The van der Waals surface area contributed by atoms with E-state index in [-0.39, 0.29) is 39.5 Å². The Kier molecular flexibility index (Phi) is 6.76. The normalized spacial score (nSPS) is 25.4. The molecule has 2 aromatic heterocycles. The zero-order chi connectivity index (χ0) is 32.9. The monoisotopic (exact) mass is 651 g/mol. The van der Waals surface area contributed by atoms with Crippen molar-refractivity contribution in [3.8, 4) is 35.4 Å². The second kappa shape index (κ2) is 10.9. The Labute approximate surface area is 278 Å². The van der Waals surface area contributed by atoms with Crippen LogP contribution in [-0.4, -0.2) is 90.5 Å². The molecule has 0 amide bonds. The minimum atomic E-state index is -0.709. The van der Waals surface area contributed by atoms with Gasteiger partial charge in [-0.05, 0) is 67.5 Å². The first-order valence-electron chi connectivity index (χ1n) is 17.1. The number of ether oxygens (including phenoxy) is 1. The number of rotatable bonds is 8. The number of phenolic OH excluding ortho intramolecular Hbond substituents is 1. The highest BCUT2D eigenvalue weighted by Gasteiger charge is 2.51. The fourth-order valence-electron chi connectivity index (χ4n) is 8.48. The summed E-state index contributed by atoms with van der Waals surface area (Å²) in [5, 5.41) is 15.6. The van der Waals surface area contributed by atoms with Crippen LogP contribution in [0.2, 0.25) is 0 Å². The number of pyridine rings is 1. The fraction of sp³-hybridized carbons (Fsp3) is 0.486. The van der Waals surface area contributed by atoms with Crippen LogP contribution in [0.5, 0.6) is 11.8 Å². The number of aromatic nitrogens is 3. The number of anilines is 2. The predicted octanol–water partition coefficient (Wildman–Crippen LogP) is 4.93. The maximum Gasteiger partial charge on any atom is 0.319 e. The Bertz CT molecular complexity index is 2000. The molecule has 3 saturated heterocycles. The lowest BCUT2D eigenvalue weighted by Crippen LogP contribution is -2.51. The molecule has 5 heterocycles. The quantitative estimate of drug-likeness (QED) is 0.258. The molecule has 2 saturated carbocycles. The van der Waals surface area contributed by atoms with E-state index < -0.39 is 11.6 Å².